The first kappa shape index (κ1) is 23.0. The van der Waals surface area contributed by atoms with Crippen LogP contribution in [0, 0.1) is 13.8 Å². The summed E-state index contributed by atoms with van der Waals surface area (Å²) < 4.78 is 7.17. The smallest absolute Gasteiger partial charge is 0.224 e. The van der Waals surface area contributed by atoms with Crippen LogP contribution in [0.4, 0.5) is 0 Å². The maximum atomic E-state index is 12.8. The average molecular weight is 448 g/mol. The first-order chi connectivity index (χ1) is 15.9. The van der Waals surface area contributed by atoms with E-state index in [0.717, 1.165) is 55.4 Å². The minimum Gasteiger partial charge on any atom is -0.497 e. The van der Waals surface area contributed by atoms with E-state index in [2.05, 4.69) is 34.3 Å². The fourth-order valence-corrected chi connectivity index (χ4v) is 4.65. The van der Waals surface area contributed by atoms with E-state index in [9.17, 15) is 4.79 Å². The molecule has 1 amide bonds. The van der Waals surface area contributed by atoms with Gasteiger partial charge in [-0.3, -0.25) is 9.78 Å². The number of likely N-dealkylation sites (tertiary alicyclic amines) is 1. The van der Waals surface area contributed by atoms with Crippen LogP contribution >= 0.6 is 0 Å². The summed E-state index contributed by atoms with van der Waals surface area (Å²) in [5.41, 5.74) is 3.52. The molecule has 0 radical (unpaired) electrons. The average Bonchev–Trinajstić information content (AvgIpc) is 3.17. The van der Waals surface area contributed by atoms with Gasteiger partial charge in [-0.05, 0) is 69.4 Å². The van der Waals surface area contributed by atoms with E-state index in [0.29, 0.717) is 12.3 Å². The molecular weight excluding hydrogens is 414 g/mol. The van der Waals surface area contributed by atoms with Crippen LogP contribution in [0.5, 0.6) is 5.75 Å². The van der Waals surface area contributed by atoms with Gasteiger partial charge in [-0.1, -0.05) is 18.2 Å². The Morgan fingerprint density at radius 2 is 1.94 bits per heavy atom. The van der Waals surface area contributed by atoms with E-state index in [1.54, 1.807) is 7.11 Å². The van der Waals surface area contributed by atoms with Crippen molar-refractivity contribution in [3.63, 3.8) is 0 Å². The number of carbonyl (C=O) groups is 1. The Kier molecular flexibility index (Phi) is 7.06. The second kappa shape index (κ2) is 10.1. The molecule has 4 rings (SSSR count). The number of amides is 1. The molecule has 0 bridgehead atoms. The number of pyridine rings is 1. The molecule has 33 heavy (non-hydrogen) atoms. The molecule has 1 aliphatic heterocycles. The molecule has 3 heterocycles. The molecule has 1 aliphatic rings. The third-order valence-corrected chi connectivity index (χ3v) is 6.45. The number of benzene rings is 1. The Morgan fingerprint density at radius 1 is 1.15 bits per heavy atom. The number of aromatic nitrogens is 4. The molecule has 1 aromatic carbocycles. The van der Waals surface area contributed by atoms with E-state index >= 15 is 0 Å². The lowest BCUT2D eigenvalue weighted by Gasteiger charge is -2.32. The highest BCUT2D eigenvalue weighted by Gasteiger charge is 2.26. The van der Waals surface area contributed by atoms with Gasteiger partial charge in [0.05, 0.1) is 13.2 Å². The molecule has 3 aromatic rings. The highest BCUT2D eigenvalue weighted by Crippen LogP contribution is 2.28. The third-order valence-electron chi connectivity index (χ3n) is 6.45. The number of methoxy groups -OCH3 is 1. The van der Waals surface area contributed by atoms with Crippen molar-refractivity contribution in [3.05, 3.63) is 71.1 Å². The van der Waals surface area contributed by atoms with Crippen LogP contribution in [-0.4, -0.2) is 50.8 Å². The lowest BCUT2D eigenvalue weighted by molar-refractivity contribution is -0.133. The topological polar surface area (TPSA) is 73.1 Å². The molecule has 0 saturated carbocycles. The number of hydrogen-bond acceptors (Lipinski definition) is 5. The number of piperidine rings is 1. The van der Waals surface area contributed by atoms with E-state index in [4.69, 9.17) is 9.72 Å². The van der Waals surface area contributed by atoms with Gasteiger partial charge in [-0.25, -0.2) is 9.67 Å². The van der Waals surface area contributed by atoms with Crippen molar-refractivity contribution in [1.82, 2.24) is 24.6 Å². The Morgan fingerprint density at radius 3 is 2.58 bits per heavy atom. The van der Waals surface area contributed by atoms with Crippen molar-refractivity contribution in [2.75, 3.05) is 20.2 Å². The summed E-state index contributed by atoms with van der Waals surface area (Å²) in [4.78, 5) is 23.9. The molecule has 0 spiro atoms. The van der Waals surface area contributed by atoms with E-state index in [-0.39, 0.29) is 11.9 Å². The van der Waals surface area contributed by atoms with Gasteiger partial charge in [-0.15, -0.1) is 0 Å². The Labute approximate surface area is 195 Å². The number of hydrogen-bond donors (Lipinski definition) is 0. The van der Waals surface area contributed by atoms with E-state index in [1.807, 2.05) is 48.7 Å². The van der Waals surface area contributed by atoms with Gasteiger partial charge in [0.25, 0.3) is 0 Å². The van der Waals surface area contributed by atoms with Gasteiger partial charge in [0.1, 0.15) is 17.4 Å². The molecule has 1 saturated heterocycles. The van der Waals surface area contributed by atoms with Crippen LogP contribution in [0.1, 0.15) is 66.6 Å². The van der Waals surface area contributed by atoms with Gasteiger partial charge >= 0.3 is 0 Å². The van der Waals surface area contributed by atoms with Crippen molar-refractivity contribution >= 4 is 5.91 Å². The summed E-state index contributed by atoms with van der Waals surface area (Å²) in [5, 5.41) is 4.42. The van der Waals surface area contributed by atoms with Crippen molar-refractivity contribution in [1.29, 1.82) is 0 Å². The first-order valence-corrected chi connectivity index (χ1v) is 11.7. The highest BCUT2D eigenvalue weighted by molar-refractivity contribution is 5.76. The maximum Gasteiger partial charge on any atom is 0.224 e. The van der Waals surface area contributed by atoms with Gasteiger partial charge < -0.3 is 9.64 Å². The van der Waals surface area contributed by atoms with Crippen molar-refractivity contribution in [3.8, 4) is 5.75 Å². The summed E-state index contributed by atoms with van der Waals surface area (Å²) in [6.07, 6.45) is 5.16. The molecule has 0 aliphatic carbocycles. The summed E-state index contributed by atoms with van der Waals surface area (Å²) in [6.45, 7) is 7.39. The van der Waals surface area contributed by atoms with Gasteiger partial charge in [0, 0.05) is 37.3 Å². The quantitative estimate of drug-likeness (QED) is 0.541. The molecule has 2 aromatic heterocycles. The summed E-state index contributed by atoms with van der Waals surface area (Å²) in [5.74, 6) is 3.06. The van der Waals surface area contributed by atoms with Gasteiger partial charge in [0.2, 0.25) is 5.91 Å². The van der Waals surface area contributed by atoms with Crippen LogP contribution < -0.4 is 4.74 Å². The van der Waals surface area contributed by atoms with Gasteiger partial charge in [0.15, 0.2) is 0 Å². The molecule has 0 N–H and O–H groups in total. The molecule has 174 valence electrons. The Bertz CT molecular complexity index is 1080. The Hall–Kier alpha value is -3.22. The lowest BCUT2D eigenvalue weighted by Crippen LogP contribution is -2.39. The van der Waals surface area contributed by atoms with Crippen molar-refractivity contribution in [2.24, 2.45) is 0 Å². The van der Waals surface area contributed by atoms with Gasteiger partial charge in [-0.2, -0.15) is 5.10 Å². The lowest BCUT2D eigenvalue weighted by atomic mass is 9.92. The summed E-state index contributed by atoms with van der Waals surface area (Å²) in [7, 11) is 1.69. The van der Waals surface area contributed by atoms with Crippen LogP contribution in [0.15, 0.2) is 42.6 Å². The SMILES string of the molecule is COc1cccc(Cc2ccc(C3CCN(C(=O)CC(C)n4nc(C)nc4C)CC3)nc2)c1. The molecular formula is C26H33N5O2. The highest BCUT2D eigenvalue weighted by atomic mass is 16.5. The summed E-state index contributed by atoms with van der Waals surface area (Å²) in [6, 6.07) is 12.5. The number of aryl methyl sites for hydroxylation is 2. The van der Waals surface area contributed by atoms with Crippen LogP contribution in [0.25, 0.3) is 0 Å². The predicted octanol–water partition coefficient (Wildman–Crippen LogP) is 4.25. The normalized spacial score (nSPS) is 15.5. The third kappa shape index (κ3) is 5.59. The monoisotopic (exact) mass is 447 g/mol. The summed E-state index contributed by atoms with van der Waals surface area (Å²) >= 11 is 0. The Balaban J connectivity index is 1.29. The number of ether oxygens (including phenoxy) is 1. The zero-order valence-corrected chi connectivity index (χ0v) is 20.0. The minimum atomic E-state index is 0.00946. The minimum absolute atomic E-state index is 0.00946. The second-order valence-corrected chi connectivity index (χ2v) is 8.98. The predicted molar refractivity (Wildman–Crippen MR) is 127 cm³/mol. The van der Waals surface area contributed by atoms with Crippen LogP contribution in [0.3, 0.4) is 0 Å². The van der Waals surface area contributed by atoms with Crippen molar-refractivity contribution in [2.45, 2.75) is 58.4 Å². The number of rotatable bonds is 7. The molecule has 1 unspecified atom stereocenters. The maximum absolute atomic E-state index is 12.8. The molecule has 1 fully saturated rings. The number of carbonyl (C=O) groups excluding carboxylic acids is 1. The molecule has 7 nitrogen and oxygen atoms in total. The zero-order valence-electron chi connectivity index (χ0n) is 20.0. The fourth-order valence-electron chi connectivity index (χ4n) is 4.65. The zero-order chi connectivity index (χ0) is 23.4. The van der Waals surface area contributed by atoms with Crippen LogP contribution in [-0.2, 0) is 11.2 Å². The standard InChI is InChI=1S/C26H33N5O2/c1-18(31-20(3)28-19(2)29-31)14-26(32)30-12-10-23(11-13-30)25-9-8-22(17-27-25)15-21-6-5-7-24(16-21)33-4/h5-9,16-18,23H,10-15H2,1-4H3. The first-order valence-electron chi connectivity index (χ1n) is 11.7. The number of nitrogens with zero attached hydrogens (tertiary/aromatic N) is 5. The van der Waals surface area contributed by atoms with E-state index in [1.165, 1.54) is 11.1 Å². The van der Waals surface area contributed by atoms with Crippen molar-refractivity contribution < 1.29 is 9.53 Å². The largest absolute Gasteiger partial charge is 0.497 e. The second-order valence-electron chi connectivity index (χ2n) is 8.98. The van der Waals surface area contributed by atoms with Crippen LogP contribution in [0.2, 0.25) is 0 Å². The molecule has 1 atom stereocenters. The molecule has 7 heteroatoms. The fraction of sp³-hybridized carbons (Fsp3) is 0.462. The van der Waals surface area contributed by atoms with E-state index < -0.39 is 0 Å².